The molecule has 0 aliphatic carbocycles. The lowest BCUT2D eigenvalue weighted by atomic mass is 9.90. The van der Waals surface area contributed by atoms with Crippen LogP contribution in [0.4, 0.5) is 4.79 Å². The second-order valence-corrected chi connectivity index (χ2v) is 6.53. The van der Waals surface area contributed by atoms with Gasteiger partial charge in [-0.1, -0.05) is 0 Å². The van der Waals surface area contributed by atoms with E-state index >= 15 is 0 Å². The third-order valence-corrected chi connectivity index (χ3v) is 3.82. The Morgan fingerprint density at radius 1 is 1.35 bits per heavy atom. The fraction of sp³-hybridized carbons (Fsp3) is 0.733. The lowest BCUT2D eigenvalue weighted by molar-refractivity contribution is 0.0163. The molecule has 5 heteroatoms. The molecule has 1 saturated heterocycles. The van der Waals surface area contributed by atoms with Crippen LogP contribution in [0, 0.1) is 5.92 Å². The molecule has 1 unspecified atom stereocenters. The monoisotopic (exact) mass is 279 g/mol. The molecule has 1 aromatic heterocycles. The van der Waals surface area contributed by atoms with Crippen LogP contribution < -0.4 is 0 Å². The second-order valence-electron chi connectivity index (χ2n) is 6.53. The number of likely N-dealkylation sites (tertiary alicyclic amines) is 1. The fourth-order valence-electron chi connectivity index (χ4n) is 2.63. The van der Waals surface area contributed by atoms with E-state index in [4.69, 9.17) is 4.74 Å². The largest absolute Gasteiger partial charge is 0.444 e. The molecule has 20 heavy (non-hydrogen) atoms. The van der Waals surface area contributed by atoms with E-state index in [0.29, 0.717) is 12.0 Å². The summed E-state index contributed by atoms with van der Waals surface area (Å²) in [6.07, 6.45) is 5.63. The highest BCUT2D eigenvalue weighted by molar-refractivity contribution is 5.68. The Kier molecular flexibility index (Phi) is 4.35. The molecule has 112 valence electrons. The number of nitrogens with zero attached hydrogens (tertiary/aromatic N) is 3. The van der Waals surface area contributed by atoms with Crippen molar-refractivity contribution >= 4 is 6.09 Å². The van der Waals surface area contributed by atoms with Crippen molar-refractivity contribution in [2.45, 2.75) is 52.2 Å². The minimum atomic E-state index is -0.420. The number of hydrogen-bond acceptors (Lipinski definition) is 3. The van der Waals surface area contributed by atoms with Gasteiger partial charge in [0.05, 0.1) is 6.04 Å². The van der Waals surface area contributed by atoms with Gasteiger partial charge in [0.2, 0.25) is 0 Å². The molecule has 0 radical (unpaired) electrons. The van der Waals surface area contributed by atoms with Crippen LogP contribution in [0.2, 0.25) is 0 Å². The molecule has 0 saturated carbocycles. The summed E-state index contributed by atoms with van der Waals surface area (Å²) in [5.41, 5.74) is -0.420. The molecule has 2 heterocycles. The van der Waals surface area contributed by atoms with Crippen molar-refractivity contribution in [3.8, 4) is 0 Å². The number of aromatic nitrogens is 2. The molecule has 0 bridgehead atoms. The van der Waals surface area contributed by atoms with E-state index in [1.54, 1.807) is 0 Å². The van der Waals surface area contributed by atoms with E-state index in [0.717, 1.165) is 25.9 Å². The van der Waals surface area contributed by atoms with Crippen molar-refractivity contribution in [2.24, 2.45) is 5.92 Å². The molecule has 1 aliphatic rings. The van der Waals surface area contributed by atoms with Crippen LogP contribution in [-0.2, 0) is 4.74 Å². The average molecular weight is 279 g/mol. The Hall–Kier alpha value is -1.52. The van der Waals surface area contributed by atoms with Gasteiger partial charge >= 0.3 is 6.09 Å². The zero-order valence-electron chi connectivity index (χ0n) is 12.9. The van der Waals surface area contributed by atoms with E-state index in [1.165, 1.54) is 0 Å². The molecule has 0 spiro atoms. The minimum Gasteiger partial charge on any atom is -0.444 e. The number of carbonyl (C=O) groups excluding carboxylic acids is 1. The Morgan fingerprint density at radius 2 is 2.00 bits per heavy atom. The van der Waals surface area contributed by atoms with Crippen LogP contribution >= 0.6 is 0 Å². The zero-order chi connectivity index (χ0) is 14.8. The van der Waals surface area contributed by atoms with Crippen LogP contribution in [0.5, 0.6) is 0 Å². The van der Waals surface area contributed by atoms with Crippen molar-refractivity contribution in [3.63, 3.8) is 0 Å². The summed E-state index contributed by atoms with van der Waals surface area (Å²) >= 11 is 0. The van der Waals surface area contributed by atoms with Crippen LogP contribution in [-0.4, -0.2) is 39.5 Å². The summed E-state index contributed by atoms with van der Waals surface area (Å²) in [4.78, 5) is 13.8. The van der Waals surface area contributed by atoms with Gasteiger partial charge in [0, 0.05) is 25.5 Å². The van der Waals surface area contributed by atoms with Gasteiger partial charge in [-0.05, 0) is 52.5 Å². The smallest absolute Gasteiger partial charge is 0.410 e. The third-order valence-electron chi connectivity index (χ3n) is 3.82. The third kappa shape index (κ3) is 3.74. The number of carbonyl (C=O) groups is 1. The molecule has 1 aromatic rings. The molecular weight excluding hydrogens is 254 g/mol. The van der Waals surface area contributed by atoms with Gasteiger partial charge in [-0.3, -0.25) is 4.68 Å². The van der Waals surface area contributed by atoms with E-state index in [1.807, 2.05) is 48.8 Å². The molecule has 1 atom stereocenters. The Balaban J connectivity index is 1.85. The maximum Gasteiger partial charge on any atom is 0.410 e. The lowest BCUT2D eigenvalue weighted by Crippen LogP contribution is -2.42. The van der Waals surface area contributed by atoms with Crippen LogP contribution in [0.15, 0.2) is 18.5 Å². The van der Waals surface area contributed by atoms with E-state index in [2.05, 4.69) is 12.0 Å². The highest BCUT2D eigenvalue weighted by Gasteiger charge is 2.29. The number of piperidine rings is 1. The maximum absolute atomic E-state index is 12.0. The molecule has 5 nitrogen and oxygen atoms in total. The summed E-state index contributed by atoms with van der Waals surface area (Å²) in [6, 6.07) is 2.33. The van der Waals surface area contributed by atoms with E-state index < -0.39 is 5.60 Å². The number of amides is 1. The first-order chi connectivity index (χ1) is 9.37. The zero-order valence-corrected chi connectivity index (χ0v) is 12.9. The van der Waals surface area contributed by atoms with Gasteiger partial charge in [-0.15, -0.1) is 0 Å². The summed E-state index contributed by atoms with van der Waals surface area (Å²) in [6.45, 7) is 9.43. The molecule has 1 amide bonds. The van der Waals surface area contributed by atoms with Gasteiger partial charge in [0.15, 0.2) is 0 Å². The summed E-state index contributed by atoms with van der Waals surface area (Å²) in [5, 5.41) is 4.31. The van der Waals surface area contributed by atoms with Crippen LogP contribution in [0.1, 0.15) is 46.6 Å². The average Bonchev–Trinajstić information content (AvgIpc) is 2.90. The van der Waals surface area contributed by atoms with Crippen molar-refractivity contribution in [3.05, 3.63) is 18.5 Å². The first kappa shape index (κ1) is 14.9. The van der Waals surface area contributed by atoms with Crippen LogP contribution in [0.25, 0.3) is 0 Å². The Bertz CT molecular complexity index is 428. The summed E-state index contributed by atoms with van der Waals surface area (Å²) in [7, 11) is 0. The quantitative estimate of drug-likeness (QED) is 0.835. The van der Waals surface area contributed by atoms with Gasteiger partial charge in [-0.2, -0.15) is 5.10 Å². The first-order valence-corrected chi connectivity index (χ1v) is 7.34. The van der Waals surface area contributed by atoms with E-state index in [9.17, 15) is 4.79 Å². The molecule has 1 fully saturated rings. The van der Waals surface area contributed by atoms with Gasteiger partial charge in [0.25, 0.3) is 0 Å². The first-order valence-electron chi connectivity index (χ1n) is 7.34. The van der Waals surface area contributed by atoms with Gasteiger partial charge in [0.1, 0.15) is 5.60 Å². The van der Waals surface area contributed by atoms with Crippen molar-refractivity contribution in [1.29, 1.82) is 0 Å². The standard InChI is InChI=1S/C15H25N3O2/c1-12(18-9-5-8-16-18)13-6-10-17(11-7-13)14(19)20-15(2,3)4/h5,8-9,12-13H,6-7,10-11H2,1-4H3. The molecular formula is C15H25N3O2. The number of hydrogen-bond donors (Lipinski definition) is 0. The second kappa shape index (κ2) is 5.85. The minimum absolute atomic E-state index is 0.192. The topological polar surface area (TPSA) is 47.4 Å². The van der Waals surface area contributed by atoms with Crippen molar-refractivity contribution in [1.82, 2.24) is 14.7 Å². The van der Waals surface area contributed by atoms with E-state index in [-0.39, 0.29) is 6.09 Å². The van der Waals surface area contributed by atoms with Crippen LogP contribution in [0.3, 0.4) is 0 Å². The van der Waals surface area contributed by atoms with Gasteiger partial charge < -0.3 is 9.64 Å². The fourth-order valence-corrected chi connectivity index (χ4v) is 2.63. The lowest BCUT2D eigenvalue weighted by Gasteiger charge is -2.35. The maximum atomic E-state index is 12.0. The normalized spacial score (nSPS) is 18.9. The Labute approximate surface area is 120 Å². The SMILES string of the molecule is CC(C1CCN(C(=O)OC(C)(C)C)CC1)n1cccn1. The molecule has 2 rings (SSSR count). The predicted molar refractivity (Wildman–Crippen MR) is 77.5 cm³/mol. The number of rotatable bonds is 2. The van der Waals surface area contributed by atoms with Crippen molar-refractivity contribution in [2.75, 3.05) is 13.1 Å². The molecule has 1 aliphatic heterocycles. The highest BCUT2D eigenvalue weighted by atomic mass is 16.6. The highest BCUT2D eigenvalue weighted by Crippen LogP contribution is 2.28. The molecule has 0 N–H and O–H groups in total. The number of ether oxygens (including phenoxy) is 1. The Morgan fingerprint density at radius 3 is 2.50 bits per heavy atom. The predicted octanol–water partition coefficient (Wildman–Crippen LogP) is 3.09. The summed E-state index contributed by atoms with van der Waals surface area (Å²) in [5.74, 6) is 0.564. The molecule has 0 aromatic carbocycles. The summed E-state index contributed by atoms with van der Waals surface area (Å²) < 4.78 is 7.42. The van der Waals surface area contributed by atoms with Gasteiger partial charge in [-0.25, -0.2) is 4.79 Å². The van der Waals surface area contributed by atoms with Crippen molar-refractivity contribution < 1.29 is 9.53 Å².